The molecule has 1 aromatic carbocycles. The second kappa shape index (κ2) is 11.7. The molecular weight excluding hydrogens is 555 g/mol. The number of nitrogens with zero attached hydrogens (tertiary/aromatic N) is 2. The molecule has 1 saturated carbocycles. The Morgan fingerprint density at radius 3 is 2.46 bits per heavy atom. The molecule has 0 N–H and O–H groups in total. The fourth-order valence-electron chi connectivity index (χ4n) is 5.10. The van der Waals surface area contributed by atoms with Gasteiger partial charge < -0.3 is 4.90 Å². The number of piperidine rings is 1. The summed E-state index contributed by atoms with van der Waals surface area (Å²) in [6.45, 7) is 11.6. The lowest BCUT2D eigenvalue weighted by Crippen LogP contribution is -2.53. The maximum atomic E-state index is 14.5. The summed E-state index contributed by atoms with van der Waals surface area (Å²) in [5.74, 6) is 0.135. The Morgan fingerprint density at radius 1 is 1.18 bits per heavy atom. The number of amides is 1. The van der Waals surface area contributed by atoms with Gasteiger partial charge in [-0.15, -0.1) is 11.3 Å². The molecule has 5 nitrogen and oxygen atoms in total. The van der Waals surface area contributed by atoms with E-state index in [9.17, 15) is 18.2 Å². The van der Waals surface area contributed by atoms with Crippen molar-refractivity contribution in [3.63, 3.8) is 0 Å². The van der Waals surface area contributed by atoms with E-state index in [2.05, 4.69) is 4.98 Å². The molecule has 4 atom stereocenters. The van der Waals surface area contributed by atoms with Crippen molar-refractivity contribution in [2.24, 2.45) is 17.3 Å². The van der Waals surface area contributed by atoms with Crippen LogP contribution in [0.5, 0.6) is 0 Å². The number of carbonyl (C=O) groups excluding carboxylic acids is 2. The van der Waals surface area contributed by atoms with Gasteiger partial charge in [-0.1, -0.05) is 38.4 Å². The summed E-state index contributed by atoms with van der Waals surface area (Å²) in [7, 11) is -1.13. The van der Waals surface area contributed by atoms with Gasteiger partial charge in [-0.25, -0.2) is 9.37 Å². The fourth-order valence-corrected chi connectivity index (χ4v) is 7.47. The number of rotatable bonds is 9. The van der Waals surface area contributed by atoms with Crippen molar-refractivity contribution < 1.29 is 18.2 Å². The quantitative estimate of drug-likeness (QED) is 0.315. The van der Waals surface area contributed by atoms with Gasteiger partial charge in [-0.3, -0.25) is 13.8 Å². The Morgan fingerprint density at radius 2 is 1.87 bits per heavy atom. The number of aromatic nitrogens is 1. The predicted molar refractivity (Wildman–Crippen MR) is 157 cm³/mol. The third-order valence-electron chi connectivity index (χ3n) is 7.78. The second-order valence-electron chi connectivity index (χ2n) is 13.0. The molecule has 0 bridgehead atoms. The van der Waals surface area contributed by atoms with Crippen LogP contribution in [0.15, 0.2) is 24.4 Å². The van der Waals surface area contributed by atoms with E-state index in [-0.39, 0.29) is 34.7 Å². The normalized spacial score (nSPS) is 22.2. The van der Waals surface area contributed by atoms with Crippen LogP contribution < -0.4 is 0 Å². The Bertz CT molecular complexity index is 1250. The SMILES string of the molecule is CC(C)(C)C(=O)Cc1cnc(CC2CCC(c3ccc(Cl)c(F)c3)N(C(CS(=O)C(C)(C)C)C3CC3)C2=O)s1. The number of carbonyl (C=O) groups is 2. The van der Waals surface area contributed by atoms with Gasteiger partial charge in [-0.05, 0) is 70.1 Å². The second-order valence-corrected chi connectivity index (χ2v) is 16.9. The highest BCUT2D eigenvalue weighted by Gasteiger charge is 2.46. The standard InChI is InChI=1S/C30H40ClFN2O3S2/c1-29(2,3)26(35)15-21-16-33-27(38-21)14-20-10-12-24(19-9-11-22(31)23(32)13-19)34(28(20)36)25(18-7-8-18)17-39(37)30(4,5)6/h9,11,13,16,18,20,24-25H,7-8,10,12,14-15,17H2,1-6H3. The summed E-state index contributed by atoms with van der Waals surface area (Å²) in [6, 6.07) is 4.34. The monoisotopic (exact) mass is 594 g/mol. The van der Waals surface area contributed by atoms with E-state index in [0.717, 1.165) is 28.3 Å². The third kappa shape index (κ3) is 7.36. The van der Waals surface area contributed by atoms with Crippen LogP contribution in [-0.4, -0.2) is 42.3 Å². The molecular formula is C30H40ClFN2O3S2. The molecule has 0 radical (unpaired) electrons. The Balaban J connectivity index is 1.60. The first-order chi connectivity index (χ1) is 18.1. The first-order valence-corrected chi connectivity index (χ1v) is 16.3. The van der Waals surface area contributed by atoms with E-state index in [1.54, 1.807) is 18.3 Å². The van der Waals surface area contributed by atoms with Crippen LogP contribution in [0, 0.1) is 23.1 Å². The van der Waals surface area contributed by atoms with Gasteiger partial charge in [0.05, 0.1) is 16.1 Å². The minimum atomic E-state index is -1.13. The molecule has 9 heteroatoms. The summed E-state index contributed by atoms with van der Waals surface area (Å²) in [6.07, 6.45) is 5.94. The molecule has 2 aliphatic rings. The zero-order chi connectivity index (χ0) is 28.7. The number of likely N-dealkylation sites (tertiary alicyclic amines) is 1. The molecule has 2 heterocycles. The summed E-state index contributed by atoms with van der Waals surface area (Å²) < 4.78 is 27.4. The van der Waals surface area contributed by atoms with Crippen molar-refractivity contribution in [1.82, 2.24) is 9.88 Å². The minimum Gasteiger partial charge on any atom is -0.331 e. The van der Waals surface area contributed by atoms with E-state index in [1.165, 1.54) is 17.4 Å². The minimum absolute atomic E-state index is 0.0203. The molecule has 1 aliphatic carbocycles. The molecule has 0 spiro atoms. The van der Waals surface area contributed by atoms with E-state index in [1.807, 2.05) is 46.4 Å². The van der Waals surface area contributed by atoms with Crippen molar-refractivity contribution in [1.29, 1.82) is 0 Å². The van der Waals surface area contributed by atoms with Gasteiger partial charge in [0.15, 0.2) is 0 Å². The zero-order valence-electron chi connectivity index (χ0n) is 23.8. The maximum absolute atomic E-state index is 14.5. The fraction of sp³-hybridized carbons (Fsp3) is 0.633. The molecule has 4 unspecified atom stereocenters. The molecule has 1 aromatic heterocycles. The van der Waals surface area contributed by atoms with Crippen LogP contribution in [0.3, 0.4) is 0 Å². The van der Waals surface area contributed by atoms with Crippen LogP contribution in [0.1, 0.15) is 88.7 Å². The molecule has 2 fully saturated rings. The largest absolute Gasteiger partial charge is 0.331 e. The number of thiazole rings is 1. The topological polar surface area (TPSA) is 67.3 Å². The van der Waals surface area contributed by atoms with Crippen LogP contribution in [-0.2, 0) is 33.2 Å². The molecule has 1 aliphatic heterocycles. The maximum Gasteiger partial charge on any atom is 0.226 e. The van der Waals surface area contributed by atoms with E-state index < -0.39 is 26.8 Å². The van der Waals surface area contributed by atoms with Gasteiger partial charge in [-0.2, -0.15) is 0 Å². The average Bonchev–Trinajstić information content (AvgIpc) is 3.59. The average molecular weight is 595 g/mol. The summed E-state index contributed by atoms with van der Waals surface area (Å²) in [5.41, 5.74) is 0.318. The smallest absolute Gasteiger partial charge is 0.226 e. The van der Waals surface area contributed by atoms with Crippen LogP contribution in [0.4, 0.5) is 4.39 Å². The Kier molecular flexibility index (Phi) is 9.09. The highest BCUT2D eigenvalue weighted by Crippen LogP contribution is 2.45. The molecule has 2 aromatic rings. The van der Waals surface area contributed by atoms with Crippen LogP contribution >= 0.6 is 22.9 Å². The van der Waals surface area contributed by atoms with Crippen molar-refractivity contribution >= 4 is 45.4 Å². The van der Waals surface area contributed by atoms with Crippen molar-refractivity contribution in [2.45, 2.75) is 96.9 Å². The van der Waals surface area contributed by atoms with Gasteiger partial charge in [0, 0.05) is 62.6 Å². The number of Topliss-reactive ketones (excluding diaryl/α,β-unsaturated/α-hetero) is 1. The number of halogens is 2. The Hall–Kier alpha value is -1.64. The van der Waals surface area contributed by atoms with E-state index in [4.69, 9.17) is 11.6 Å². The first kappa shape index (κ1) is 30.3. The summed E-state index contributed by atoms with van der Waals surface area (Å²) >= 11 is 7.48. The van der Waals surface area contributed by atoms with Crippen molar-refractivity contribution in [3.8, 4) is 0 Å². The van der Waals surface area contributed by atoms with Gasteiger partial charge in [0.25, 0.3) is 0 Å². The van der Waals surface area contributed by atoms with E-state index >= 15 is 0 Å². The van der Waals surface area contributed by atoms with Crippen molar-refractivity contribution in [3.05, 3.63) is 50.7 Å². The molecule has 1 amide bonds. The number of hydrogen-bond acceptors (Lipinski definition) is 5. The summed E-state index contributed by atoms with van der Waals surface area (Å²) in [5, 5.41) is 0.907. The number of hydrogen-bond donors (Lipinski definition) is 0. The third-order valence-corrected chi connectivity index (χ3v) is 11.1. The lowest BCUT2D eigenvalue weighted by molar-refractivity contribution is -0.145. The predicted octanol–water partition coefficient (Wildman–Crippen LogP) is 6.94. The highest BCUT2D eigenvalue weighted by molar-refractivity contribution is 7.86. The van der Waals surface area contributed by atoms with Crippen LogP contribution in [0.25, 0.3) is 0 Å². The van der Waals surface area contributed by atoms with E-state index in [0.29, 0.717) is 37.4 Å². The number of ketones is 1. The lowest BCUT2D eigenvalue weighted by Gasteiger charge is -2.45. The molecule has 1 saturated heterocycles. The molecule has 39 heavy (non-hydrogen) atoms. The van der Waals surface area contributed by atoms with Gasteiger partial charge >= 0.3 is 0 Å². The summed E-state index contributed by atoms with van der Waals surface area (Å²) in [4.78, 5) is 34.1. The molecule has 4 rings (SSSR count). The first-order valence-electron chi connectivity index (χ1n) is 13.8. The van der Waals surface area contributed by atoms with Gasteiger partial charge in [0.2, 0.25) is 5.91 Å². The van der Waals surface area contributed by atoms with Crippen LogP contribution in [0.2, 0.25) is 5.02 Å². The molecule has 214 valence electrons. The van der Waals surface area contributed by atoms with Crippen molar-refractivity contribution in [2.75, 3.05) is 5.75 Å². The lowest BCUT2D eigenvalue weighted by atomic mass is 9.85. The van der Waals surface area contributed by atoms with Gasteiger partial charge in [0.1, 0.15) is 11.6 Å². The Labute approximate surface area is 243 Å². The zero-order valence-corrected chi connectivity index (χ0v) is 26.1. The highest BCUT2D eigenvalue weighted by atomic mass is 35.5. The number of benzene rings is 1.